The van der Waals surface area contributed by atoms with Crippen LogP contribution >= 0.6 is 15.9 Å². The van der Waals surface area contributed by atoms with E-state index in [1.54, 1.807) is 6.92 Å². The van der Waals surface area contributed by atoms with Crippen LogP contribution in [0, 0.1) is 0 Å². The van der Waals surface area contributed by atoms with Crippen molar-refractivity contribution in [3.8, 4) is 5.75 Å². The maximum Gasteiger partial charge on any atom is 0.119 e. The molecule has 0 aliphatic rings. The Balaban J connectivity index is 2.65. The lowest BCUT2D eigenvalue weighted by Gasteiger charge is -2.13. The van der Waals surface area contributed by atoms with E-state index >= 15 is 0 Å². The number of benzene rings is 1. The fourth-order valence-electron chi connectivity index (χ4n) is 1.31. The highest BCUT2D eigenvalue weighted by atomic mass is 79.9. The van der Waals surface area contributed by atoms with Crippen molar-refractivity contribution < 1.29 is 9.84 Å². The maximum absolute atomic E-state index is 9.17. The van der Waals surface area contributed by atoms with Gasteiger partial charge in [-0.3, -0.25) is 0 Å². The van der Waals surface area contributed by atoms with Gasteiger partial charge in [0.1, 0.15) is 12.4 Å². The number of nitrogens with one attached hydrogen (secondary N) is 1. The van der Waals surface area contributed by atoms with Crippen LogP contribution in [-0.2, 0) is 6.54 Å². The number of halogens is 1. The number of hydrogen-bond donors (Lipinski definition) is 2. The molecule has 0 heterocycles. The quantitative estimate of drug-likeness (QED) is 0.849. The monoisotopic (exact) mass is 301 g/mol. The molecule has 0 fully saturated rings. The number of rotatable bonds is 6. The summed E-state index contributed by atoms with van der Waals surface area (Å²) in [6.45, 7) is 7.05. The van der Waals surface area contributed by atoms with Gasteiger partial charge in [-0.2, -0.15) is 0 Å². The zero-order valence-electron chi connectivity index (χ0n) is 10.5. The largest absolute Gasteiger partial charge is 0.491 e. The molecular weight excluding hydrogens is 282 g/mol. The van der Waals surface area contributed by atoms with Gasteiger partial charge in [0.05, 0.1) is 6.10 Å². The van der Waals surface area contributed by atoms with E-state index in [1.165, 1.54) is 0 Å². The number of ether oxygens (including phenoxy) is 1. The van der Waals surface area contributed by atoms with Gasteiger partial charge >= 0.3 is 0 Å². The molecule has 0 radical (unpaired) electrons. The molecule has 1 atom stereocenters. The van der Waals surface area contributed by atoms with Crippen molar-refractivity contribution in [1.82, 2.24) is 5.32 Å². The lowest BCUT2D eigenvalue weighted by Crippen LogP contribution is -2.22. The van der Waals surface area contributed by atoms with E-state index in [9.17, 15) is 0 Å². The fourth-order valence-corrected chi connectivity index (χ4v) is 1.69. The molecule has 0 spiro atoms. The molecule has 1 unspecified atom stereocenters. The minimum absolute atomic E-state index is 0.318. The minimum Gasteiger partial charge on any atom is -0.491 e. The van der Waals surface area contributed by atoms with Crippen molar-refractivity contribution in [2.24, 2.45) is 0 Å². The molecule has 0 aliphatic carbocycles. The van der Waals surface area contributed by atoms with Crippen LogP contribution in [-0.4, -0.2) is 23.9 Å². The Morgan fingerprint density at radius 3 is 2.65 bits per heavy atom. The first-order valence-electron chi connectivity index (χ1n) is 5.81. The Kier molecular flexibility index (Phi) is 5.95. The van der Waals surface area contributed by atoms with Gasteiger partial charge in [-0.15, -0.1) is 0 Å². The average Bonchev–Trinajstić information content (AvgIpc) is 2.26. The standard InChI is InChI=1S/C13H20BrNO2/c1-9(2)15-7-11-6-12(4-5-13(11)14)17-8-10(3)16/h4-6,9-10,15-16H,7-8H2,1-3H3. The summed E-state index contributed by atoms with van der Waals surface area (Å²) in [4.78, 5) is 0. The Hall–Kier alpha value is -0.580. The third-order valence-electron chi connectivity index (χ3n) is 2.21. The van der Waals surface area contributed by atoms with Crippen molar-refractivity contribution >= 4 is 15.9 Å². The second-order valence-electron chi connectivity index (χ2n) is 4.45. The van der Waals surface area contributed by atoms with Gasteiger partial charge in [0.2, 0.25) is 0 Å². The molecule has 17 heavy (non-hydrogen) atoms. The molecule has 0 aromatic heterocycles. The molecule has 0 aliphatic heterocycles. The Labute approximate surface area is 111 Å². The van der Waals surface area contributed by atoms with Crippen molar-refractivity contribution in [2.75, 3.05) is 6.61 Å². The Bertz CT molecular complexity index is 353. The van der Waals surface area contributed by atoms with Gasteiger partial charge in [0, 0.05) is 17.1 Å². The fraction of sp³-hybridized carbons (Fsp3) is 0.538. The molecule has 0 saturated carbocycles. The third kappa shape index (κ3) is 5.52. The summed E-state index contributed by atoms with van der Waals surface area (Å²) in [6.07, 6.45) is -0.448. The van der Waals surface area contributed by atoms with Gasteiger partial charge in [0.15, 0.2) is 0 Å². The molecular formula is C13H20BrNO2. The molecule has 3 nitrogen and oxygen atoms in total. The van der Waals surface area contributed by atoms with E-state index in [0.29, 0.717) is 12.6 Å². The smallest absolute Gasteiger partial charge is 0.119 e. The zero-order valence-corrected chi connectivity index (χ0v) is 12.1. The predicted octanol–water partition coefficient (Wildman–Crippen LogP) is 2.71. The highest BCUT2D eigenvalue weighted by Crippen LogP contribution is 2.22. The minimum atomic E-state index is -0.448. The van der Waals surface area contributed by atoms with E-state index < -0.39 is 6.10 Å². The molecule has 0 amide bonds. The predicted molar refractivity (Wildman–Crippen MR) is 73.3 cm³/mol. The Morgan fingerprint density at radius 2 is 2.06 bits per heavy atom. The number of aliphatic hydroxyl groups is 1. The molecule has 2 N–H and O–H groups in total. The summed E-state index contributed by atoms with van der Waals surface area (Å²) < 4.78 is 6.54. The summed E-state index contributed by atoms with van der Waals surface area (Å²) in [5, 5.41) is 12.5. The van der Waals surface area contributed by atoms with E-state index in [2.05, 4.69) is 35.1 Å². The molecule has 96 valence electrons. The van der Waals surface area contributed by atoms with Crippen LogP contribution in [0.5, 0.6) is 5.75 Å². The Morgan fingerprint density at radius 1 is 1.35 bits per heavy atom. The van der Waals surface area contributed by atoms with Crippen LogP contribution in [0.4, 0.5) is 0 Å². The lowest BCUT2D eigenvalue weighted by atomic mass is 10.2. The van der Waals surface area contributed by atoms with Crippen molar-refractivity contribution in [1.29, 1.82) is 0 Å². The van der Waals surface area contributed by atoms with E-state index in [0.717, 1.165) is 22.3 Å². The van der Waals surface area contributed by atoms with Gasteiger partial charge in [-0.25, -0.2) is 0 Å². The normalized spacial score (nSPS) is 12.8. The molecule has 4 heteroatoms. The summed E-state index contributed by atoms with van der Waals surface area (Å²) >= 11 is 3.52. The SMILES string of the molecule is CC(O)COc1ccc(Br)c(CNC(C)C)c1. The van der Waals surface area contributed by atoms with Gasteiger partial charge < -0.3 is 15.2 Å². The molecule has 1 rings (SSSR count). The topological polar surface area (TPSA) is 41.5 Å². The van der Waals surface area contributed by atoms with Crippen LogP contribution in [0.3, 0.4) is 0 Å². The summed E-state index contributed by atoms with van der Waals surface area (Å²) in [5.74, 6) is 0.787. The zero-order chi connectivity index (χ0) is 12.8. The first-order chi connectivity index (χ1) is 7.99. The van der Waals surface area contributed by atoms with E-state index in [-0.39, 0.29) is 0 Å². The first-order valence-corrected chi connectivity index (χ1v) is 6.61. The van der Waals surface area contributed by atoms with Crippen LogP contribution in [0.25, 0.3) is 0 Å². The average molecular weight is 302 g/mol. The number of hydrogen-bond acceptors (Lipinski definition) is 3. The molecule has 1 aromatic rings. The third-order valence-corrected chi connectivity index (χ3v) is 2.98. The van der Waals surface area contributed by atoms with E-state index in [4.69, 9.17) is 9.84 Å². The van der Waals surface area contributed by atoms with Gasteiger partial charge in [-0.05, 0) is 30.7 Å². The van der Waals surface area contributed by atoms with Crippen LogP contribution in [0.15, 0.2) is 22.7 Å². The summed E-state index contributed by atoms with van der Waals surface area (Å²) in [6, 6.07) is 6.30. The van der Waals surface area contributed by atoms with Crippen molar-refractivity contribution in [3.63, 3.8) is 0 Å². The first kappa shape index (κ1) is 14.5. The lowest BCUT2D eigenvalue weighted by molar-refractivity contribution is 0.122. The van der Waals surface area contributed by atoms with E-state index in [1.807, 2.05) is 18.2 Å². The highest BCUT2D eigenvalue weighted by Gasteiger charge is 2.04. The molecule has 1 aromatic carbocycles. The second-order valence-corrected chi connectivity index (χ2v) is 5.30. The van der Waals surface area contributed by atoms with Crippen LogP contribution in [0.1, 0.15) is 26.3 Å². The van der Waals surface area contributed by atoms with Crippen molar-refractivity contribution in [3.05, 3.63) is 28.2 Å². The van der Waals surface area contributed by atoms with Crippen molar-refractivity contribution in [2.45, 2.75) is 39.5 Å². The highest BCUT2D eigenvalue weighted by molar-refractivity contribution is 9.10. The number of aliphatic hydroxyl groups excluding tert-OH is 1. The van der Waals surface area contributed by atoms with Crippen LogP contribution < -0.4 is 10.1 Å². The summed E-state index contributed by atoms with van der Waals surface area (Å²) in [7, 11) is 0. The van der Waals surface area contributed by atoms with Gasteiger partial charge in [-0.1, -0.05) is 29.8 Å². The molecule has 0 saturated heterocycles. The molecule has 0 bridgehead atoms. The van der Waals surface area contributed by atoms with Gasteiger partial charge in [0.25, 0.3) is 0 Å². The van der Waals surface area contributed by atoms with Crippen LogP contribution in [0.2, 0.25) is 0 Å². The summed E-state index contributed by atoms with van der Waals surface area (Å²) in [5.41, 5.74) is 1.15. The second kappa shape index (κ2) is 6.99. The maximum atomic E-state index is 9.17.